The van der Waals surface area contributed by atoms with Gasteiger partial charge in [0.05, 0.1) is 5.56 Å². The lowest BCUT2D eigenvalue weighted by Crippen LogP contribution is -2.09. The number of ether oxygens (including phenoxy) is 1. The summed E-state index contributed by atoms with van der Waals surface area (Å²) in [6, 6.07) is 24.1. The van der Waals surface area contributed by atoms with Crippen molar-refractivity contribution in [1.29, 1.82) is 0 Å². The zero-order valence-corrected chi connectivity index (χ0v) is 13.8. The van der Waals surface area contributed by atoms with Crippen LogP contribution in [0.4, 0.5) is 4.39 Å². The molecule has 0 N–H and O–H groups in total. The van der Waals surface area contributed by atoms with E-state index in [4.69, 9.17) is 4.74 Å². The van der Waals surface area contributed by atoms with Crippen LogP contribution in [0.3, 0.4) is 0 Å². The number of carbonyl (C=O) groups excluding carboxylic acids is 1. The van der Waals surface area contributed by atoms with E-state index >= 15 is 0 Å². The van der Waals surface area contributed by atoms with E-state index in [2.05, 4.69) is 0 Å². The van der Waals surface area contributed by atoms with Gasteiger partial charge in [-0.05, 0) is 35.6 Å². The molecule has 0 aliphatic heterocycles. The van der Waals surface area contributed by atoms with Crippen LogP contribution in [0.15, 0.2) is 78.9 Å². The summed E-state index contributed by atoms with van der Waals surface area (Å²) in [5.41, 5.74) is 2.52. The molecule has 0 spiro atoms. The Balaban J connectivity index is 1.66. The van der Waals surface area contributed by atoms with Crippen molar-refractivity contribution in [3.63, 3.8) is 0 Å². The smallest absolute Gasteiger partial charge is 0.341 e. The molecule has 0 fully saturated rings. The molecule has 0 saturated heterocycles. The second-order valence-electron chi connectivity index (χ2n) is 5.83. The average molecular weight is 334 g/mol. The standard InChI is InChI=1S/C22H19FO2/c23-21-19(15-14-17-8-3-1-4-9-17)12-7-13-20(21)22(24)25-16-18-10-5-2-6-11-18/h1-13H,14-16H2. The summed E-state index contributed by atoms with van der Waals surface area (Å²) in [7, 11) is 0. The Kier molecular flexibility index (Phi) is 5.57. The van der Waals surface area contributed by atoms with E-state index in [1.165, 1.54) is 6.07 Å². The predicted molar refractivity (Wildman–Crippen MR) is 95.8 cm³/mol. The number of esters is 1. The number of rotatable bonds is 6. The van der Waals surface area contributed by atoms with Crippen LogP contribution in [-0.2, 0) is 24.2 Å². The lowest BCUT2D eigenvalue weighted by atomic mass is 10.0. The molecule has 25 heavy (non-hydrogen) atoms. The number of carbonyl (C=O) groups is 1. The van der Waals surface area contributed by atoms with Crippen molar-refractivity contribution in [2.45, 2.75) is 19.4 Å². The first-order chi connectivity index (χ1) is 12.2. The molecule has 0 bridgehead atoms. The number of halogens is 1. The van der Waals surface area contributed by atoms with E-state index < -0.39 is 11.8 Å². The highest BCUT2D eigenvalue weighted by molar-refractivity contribution is 5.89. The molecule has 0 atom stereocenters. The molecule has 0 amide bonds. The number of benzene rings is 3. The van der Waals surface area contributed by atoms with Crippen LogP contribution in [0.5, 0.6) is 0 Å². The third-order valence-electron chi connectivity index (χ3n) is 4.04. The van der Waals surface area contributed by atoms with E-state index in [9.17, 15) is 9.18 Å². The summed E-state index contributed by atoms with van der Waals surface area (Å²) < 4.78 is 19.9. The van der Waals surface area contributed by atoms with E-state index in [1.807, 2.05) is 60.7 Å². The normalized spacial score (nSPS) is 10.4. The maximum atomic E-state index is 14.7. The maximum absolute atomic E-state index is 14.7. The van der Waals surface area contributed by atoms with Crippen LogP contribution in [0.1, 0.15) is 27.0 Å². The van der Waals surface area contributed by atoms with Gasteiger partial charge in [-0.2, -0.15) is 0 Å². The van der Waals surface area contributed by atoms with Crippen molar-refractivity contribution in [3.05, 3.63) is 107 Å². The Morgan fingerprint density at radius 1 is 0.760 bits per heavy atom. The second kappa shape index (κ2) is 8.25. The van der Waals surface area contributed by atoms with Gasteiger partial charge >= 0.3 is 5.97 Å². The Bertz CT molecular complexity index is 829. The van der Waals surface area contributed by atoms with Crippen molar-refractivity contribution >= 4 is 5.97 Å². The van der Waals surface area contributed by atoms with E-state index in [-0.39, 0.29) is 12.2 Å². The van der Waals surface area contributed by atoms with Crippen molar-refractivity contribution < 1.29 is 13.9 Å². The monoisotopic (exact) mass is 334 g/mol. The minimum atomic E-state index is -0.636. The highest BCUT2D eigenvalue weighted by Gasteiger charge is 2.16. The summed E-state index contributed by atoms with van der Waals surface area (Å²) in [4.78, 5) is 12.2. The van der Waals surface area contributed by atoms with E-state index in [0.29, 0.717) is 12.0 Å². The quantitative estimate of drug-likeness (QED) is 0.595. The van der Waals surface area contributed by atoms with Crippen molar-refractivity contribution in [2.24, 2.45) is 0 Å². The number of hydrogen-bond acceptors (Lipinski definition) is 2. The molecule has 3 rings (SSSR count). The summed E-state index contributed by atoms with van der Waals surface area (Å²) in [5, 5.41) is 0. The molecular formula is C22H19FO2. The first-order valence-electron chi connectivity index (χ1n) is 8.26. The molecule has 3 heteroatoms. The fourth-order valence-electron chi connectivity index (χ4n) is 2.66. The summed E-state index contributed by atoms with van der Waals surface area (Å²) in [5.74, 6) is -1.13. The molecule has 126 valence electrons. The van der Waals surface area contributed by atoms with Gasteiger partial charge in [-0.15, -0.1) is 0 Å². The van der Waals surface area contributed by atoms with Crippen LogP contribution in [0, 0.1) is 5.82 Å². The SMILES string of the molecule is O=C(OCc1ccccc1)c1cccc(CCc2ccccc2)c1F. The molecular weight excluding hydrogens is 315 g/mol. The Morgan fingerprint density at radius 2 is 1.40 bits per heavy atom. The fourth-order valence-corrected chi connectivity index (χ4v) is 2.66. The lowest BCUT2D eigenvalue weighted by molar-refractivity contribution is 0.0467. The largest absolute Gasteiger partial charge is 0.457 e. The topological polar surface area (TPSA) is 26.3 Å². The van der Waals surface area contributed by atoms with Gasteiger partial charge in [0.2, 0.25) is 0 Å². The average Bonchev–Trinajstić information content (AvgIpc) is 2.67. The van der Waals surface area contributed by atoms with Crippen molar-refractivity contribution in [3.8, 4) is 0 Å². The Labute approximate surface area is 146 Å². The van der Waals surface area contributed by atoms with Gasteiger partial charge in [0, 0.05) is 0 Å². The molecule has 0 unspecified atom stereocenters. The molecule has 3 aromatic carbocycles. The Morgan fingerprint density at radius 3 is 2.08 bits per heavy atom. The van der Waals surface area contributed by atoms with Gasteiger partial charge in [-0.25, -0.2) is 9.18 Å². The fraction of sp³-hybridized carbons (Fsp3) is 0.136. The zero-order chi connectivity index (χ0) is 17.5. The van der Waals surface area contributed by atoms with Crippen LogP contribution < -0.4 is 0 Å². The Hall–Kier alpha value is -2.94. The van der Waals surface area contributed by atoms with Crippen LogP contribution in [-0.4, -0.2) is 5.97 Å². The lowest BCUT2D eigenvalue weighted by Gasteiger charge is -2.09. The minimum absolute atomic E-state index is 0.0125. The molecule has 0 aromatic heterocycles. The summed E-state index contributed by atoms with van der Waals surface area (Å²) in [6.45, 7) is 0.132. The third-order valence-corrected chi connectivity index (χ3v) is 4.04. The van der Waals surface area contributed by atoms with Gasteiger partial charge in [-0.3, -0.25) is 0 Å². The van der Waals surface area contributed by atoms with Crippen molar-refractivity contribution in [1.82, 2.24) is 0 Å². The van der Waals surface area contributed by atoms with Gasteiger partial charge in [0.25, 0.3) is 0 Å². The van der Waals surface area contributed by atoms with Gasteiger partial charge in [-0.1, -0.05) is 72.8 Å². The third kappa shape index (κ3) is 4.54. The van der Waals surface area contributed by atoms with Crippen molar-refractivity contribution in [2.75, 3.05) is 0 Å². The number of aryl methyl sites for hydroxylation is 2. The first-order valence-corrected chi connectivity index (χ1v) is 8.26. The molecule has 3 aromatic rings. The van der Waals surface area contributed by atoms with Crippen LogP contribution >= 0.6 is 0 Å². The molecule has 2 nitrogen and oxygen atoms in total. The number of hydrogen-bond donors (Lipinski definition) is 0. The maximum Gasteiger partial charge on any atom is 0.341 e. The molecule has 0 heterocycles. The van der Waals surface area contributed by atoms with Crippen LogP contribution in [0.2, 0.25) is 0 Å². The minimum Gasteiger partial charge on any atom is -0.457 e. The van der Waals surface area contributed by atoms with Crippen LogP contribution in [0.25, 0.3) is 0 Å². The molecule has 0 aliphatic carbocycles. The second-order valence-corrected chi connectivity index (χ2v) is 5.83. The highest BCUT2D eigenvalue weighted by Crippen LogP contribution is 2.17. The zero-order valence-electron chi connectivity index (χ0n) is 13.8. The highest BCUT2D eigenvalue weighted by atomic mass is 19.1. The van der Waals surface area contributed by atoms with E-state index in [1.54, 1.807) is 12.1 Å². The van der Waals surface area contributed by atoms with Gasteiger partial charge in [0.1, 0.15) is 12.4 Å². The molecule has 0 aliphatic rings. The van der Waals surface area contributed by atoms with Gasteiger partial charge in [0.15, 0.2) is 0 Å². The predicted octanol–water partition coefficient (Wildman–Crippen LogP) is 4.97. The molecule has 0 radical (unpaired) electrons. The summed E-state index contributed by atoms with van der Waals surface area (Å²) >= 11 is 0. The van der Waals surface area contributed by atoms with Gasteiger partial charge < -0.3 is 4.74 Å². The van der Waals surface area contributed by atoms with E-state index in [0.717, 1.165) is 17.5 Å². The molecule has 0 saturated carbocycles. The first kappa shape index (κ1) is 16.9. The summed E-state index contributed by atoms with van der Waals surface area (Å²) in [6.07, 6.45) is 1.26.